The van der Waals surface area contributed by atoms with Crippen molar-refractivity contribution >= 4 is 0 Å². The van der Waals surface area contributed by atoms with Gasteiger partial charge in [-0.1, -0.05) is 0 Å². The molecule has 2 heterocycles. The molecule has 0 saturated carbocycles. The van der Waals surface area contributed by atoms with Crippen molar-refractivity contribution in [3.05, 3.63) is 0 Å². The third kappa shape index (κ3) is 10.8. The van der Waals surface area contributed by atoms with Crippen LogP contribution < -0.4 is 0 Å². The molecule has 6 heteroatoms. The van der Waals surface area contributed by atoms with Gasteiger partial charge in [0.2, 0.25) is 0 Å². The minimum atomic E-state index is 0. The summed E-state index contributed by atoms with van der Waals surface area (Å²) in [4.78, 5) is 0. The standard InChI is InChI=1S/C6H10O3.C4H10O2.Ni/c1(5-3-8-5)7-2-6-4-9-6;5-3-1-2-4-6;/h5-6H,1-4H2;5-6H,1-4H2;. The Bertz CT molecular complexity index is 134. The Morgan fingerprint density at radius 1 is 0.938 bits per heavy atom. The molecule has 0 bridgehead atoms. The Morgan fingerprint density at radius 3 is 1.56 bits per heavy atom. The van der Waals surface area contributed by atoms with E-state index < -0.39 is 0 Å². The minimum Gasteiger partial charge on any atom is -0.396 e. The molecule has 0 amide bonds. The molecule has 16 heavy (non-hydrogen) atoms. The average Bonchev–Trinajstić information content (AvgIpc) is 3.08. The van der Waals surface area contributed by atoms with Gasteiger partial charge in [-0.15, -0.1) is 0 Å². The molecule has 0 spiro atoms. The van der Waals surface area contributed by atoms with E-state index in [2.05, 4.69) is 0 Å². The van der Waals surface area contributed by atoms with Gasteiger partial charge < -0.3 is 24.4 Å². The van der Waals surface area contributed by atoms with Gasteiger partial charge in [-0.3, -0.25) is 0 Å². The van der Waals surface area contributed by atoms with Crippen LogP contribution in [0.25, 0.3) is 0 Å². The van der Waals surface area contributed by atoms with Crippen molar-refractivity contribution in [3.63, 3.8) is 0 Å². The van der Waals surface area contributed by atoms with E-state index >= 15 is 0 Å². The van der Waals surface area contributed by atoms with Crippen LogP contribution in [0.15, 0.2) is 0 Å². The molecule has 0 aromatic carbocycles. The molecule has 2 N–H and O–H groups in total. The maximum atomic E-state index is 8.09. The van der Waals surface area contributed by atoms with Crippen molar-refractivity contribution < 1.29 is 40.9 Å². The number of hydrogen-bond donors (Lipinski definition) is 2. The molecule has 2 rings (SSSR count). The summed E-state index contributed by atoms with van der Waals surface area (Å²) in [6.45, 7) is 3.65. The van der Waals surface area contributed by atoms with Crippen LogP contribution in [0.1, 0.15) is 12.8 Å². The first kappa shape index (κ1) is 16.3. The van der Waals surface area contributed by atoms with Gasteiger partial charge in [0.1, 0.15) is 12.2 Å². The molecule has 2 aliphatic rings. The summed E-state index contributed by atoms with van der Waals surface area (Å²) in [6.07, 6.45) is 2.22. The third-order valence-electron chi connectivity index (χ3n) is 1.98. The second kappa shape index (κ2) is 10.4. The molecular weight excluding hydrogens is 259 g/mol. The normalized spacial score (nSPS) is 25.1. The Kier molecular flexibility index (Phi) is 10.6. The molecule has 5 nitrogen and oxygen atoms in total. The smallest absolute Gasteiger partial charge is 0.104 e. The van der Waals surface area contributed by atoms with Crippen LogP contribution >= 0.6 is 0 Å². The van der Waals surface area contributed by atoms with Crippen LogP contribution in [0.4, 0.5) is 0 Å². The van der Waals surface area contributed by atoms with Gasteiger partial charge in [0.05, 0.1) is 26.4 Å². The van der Waals surface area contributed by atoms with Gasteiger partial charge in [0.25, 0.3) is 0 Å². The van der Waals surface area contributed by atoms with E-state index in [4.69, 9.17) is 24.4 Å². The van der Waals surface area contributed by atoms with Gasteiger partial charge in [0, 0.05) is 29.7 Å². The summed E-state index contributed by atoms with van der Waals surface area (Å²) in [5.74, 6) is 0. The van der Waals surface area contributed by atoms with E-state index in [0.29, 0.717) is 12.2 Å². The van der Waals surface area contributed by atoms with Crippen LogP contribution in [-0.4, -0.2) is 62.1 Å². The Balaban J connectivity index is 0.000000289. The number of epoxide rings is 2. The van der Waals surface area contributed by atoms with Crippen molar-refractivity contribution in [1.82, 2.24) is 0 Å². The molecule has 2 atom stereocenters. The Labute approximate surface area is 106 Å². The zero-order chi connectivity index (χ0) is 10.9. The van der Waals surface area contributed by atoms with Gasteiger partial charge in [-0.25, -0.2) is 0 Å². The minimum absolute atomic E-state index is 0. The summed E-state index contributed by atoms with van der Waals surface area (Å²) in [5, 5.41) is 16.2. The molecule has 100 valence electrons. The molecular formula is C10H20NiO5. The fourth-order valence-corrected chi connectivity index (χ4v) is 0.883. The predicted octanol–water partition coefficient (Wildman–Crippen LogP) is -0.451. The summed E-state index contributed by atoms with van der Waals surface area (Å²) >= 11 is 0. The van der Waals surface area contributed by atoms with Gasteiger partial charge in [0.15, 0.2) is 0 Å². The fourth-order valence-electron chi connectivity index (χ4n) is 0.883. The van der Waals surface area contributed by atoms with E-state index in [1.165, 1.54) is 0 Å². The van der Waals surface area contributed by atoms with Crippen molar-refractivity contribution in [2.24, 2.45) is 0 Å². The second-order valence-corrected chi connectivity index (χ2v) is 3.60. The van der Waals surface area contributed by atoms with Crippen molar-refractivity contribution in [2.45, 2.75) is 25.0 Å². The SMILES string of the molecule is C(OCC1CO1)C1CO1.OCCCCO.[Ni]. The number of hydrogen-bond acceptors (Lipinski definition) is 5. The second-order valence-electron chi connectivity index (χ2n) is 3.60. The van der Waals surface area contributed by atoms with E-state index in [-0.39, 0.29) is 29.7 Å². The number of aliphatic hydroxyl groups excluding tert-OH is 2. The first-order valence-electron chi connectivity index (χ1n) is 5.39. The molecule has 2 saturated heterocycles. The fraction of sp³-hybridized carbons (Fsp3) is 1.00. The monoisotopic (exact) mass is 278 g/mol. The zero-order valence-electron chi connectivity index (χ0n) is 9.25. The quantitative estimate of drug-likeness (QED) is 0.375. The zero-order valence-corrected chi connectivity index (χ0v) is 10.2. The topological polar surface area (TPSA) is 74.8 Å². The number of ether oxygens (including phenoxy) is 3. The summed E-state index contributed by atoms with van der Waals surface area (Å²) in [6, 6.07) is 0. The van der Waals surface area contributed by atoms with Crippen molar-refractivity contribution in [3.8, 4) is 0 Å². The van der Waals surface area contributed by atoms with E-state index in [1.807, 2.05) is 0 Å². The van der Waals surface area contributed by atoms with Crippen LogP contribution in [-0.2, 0) is 30.7 Å². The van der Waals surface area contributed by atoms with Crippen LogP contribution in [0.3, 0.4) is 0 Å². The van der Waals surface area contributed by atoms with E-state index in [1.54, 1.807) is 0 Å². The summed E-state index contributed by atoms with van der Waals surface area (Å²) in [5.41, 5.74) is 0. The molecule has 2 unspecified atom stereocenters. The molecule has 0 aromatic rings. The first-order chi connectivity index (χ1) is 7.36. The number of aliphatic hydroxyl groups is 2. The molecule has 0 radical (unpaired) electrons. The van der Waals surface area contributed by atoms with Gasteiger partial charge in [-0.05, 0) is 12.8 Å². The van der Waals surface area contributed by atoms with Crippen molar-refractivity contribution in [2.75, 3.05) is 39.6 Å². The summed E-state index contributed by atoms with van der Waals surface area (Å²) in [7, 11) is 0. The molecule has 0 aliphatic carbocycles. The van der Waals surface area contributed by atoms with Crippen LogP contribution in [0, 0.1) is 0 Å². The van der Waals surface area contributed by atoms with E-state index in [0.717, 1.165) is 39.3 Å². The largest absolute Gasteiger partial charge is 0.396 e. The predicted molar refractivity (Wildman–Crippen MR) is 53.7 cm³/mol. The molecule has 2 fully saturated rings. The van der Waals surface area contributed by atoms with Gasteiger partial charge in [-0.2, -0.15) is 0 Å². The molecule has 2 aliphatic heterocycles. The Morgan fingerprint density at radius 2 is 1.31 bits per heavy atom. The van der Waals surface area contributed by atoms with E-state index in [9.17, 15) is 0 Å². The summed E-state index contributed by atoms with van der Waals surface area (Å²) < 4.78 is 15.1. The maximum Gasteiger partial charge on any atom is 0.104 e. The Hall–Kier alpha value is 0.294. The average molecular weight is 279 g/mol. The number of unbranched alkanes of at least 4 members (excludes halogenated alkanes) is 1. The van der Waals surface area contributed by atoms with Crippen LogP contribution in [0.2, 0.25) is 0 Å². The van der Waals surface area contributed by atoms with Gasteiger partial charge >= 0.3 is 0 Å². The maximum absolute atomic E-state index is 8.09. The number of rotatable bonds is 7. The molecule has 0 aromatic heterocycles. The third-order valence-corrected chi connectivity index (χ3v) is 1.98. The van der Waals surface area contributed by atoms with Crippen LogP contribution in [0.5, 0.6) is 0 Å². The first-order valence-corrected chi connectivity index (χ1v) is 5.39. The van der Waals surface area contributed by atoms with Crippen molar-refractivity contribution in [1.29, 1.82) is 0 Å².